The SMILES string of the molecule is C=C(C(N)=O)N(C(=O)C(C)N)C(=O)C(C)N. The van der Waals surface area contributed by atoms with Crippen molar-refractivity contribution in [3.05, 3.63) is 12.3 Å². The van der Waals surface area contributed by atoms with Gasteiger partial charge in [0.05, 0.1) is 12.1 Å². The van der Waals surface area contributed by atoms with Crippen molar-refractivity contribution in [1.82, 2.24) is 4.90 Å². The fourth-order valence-corrected chi connectivity index (χ4v) is 0.892. The van der Waals surface area contributed by atoms with E-state index in [0.717, 1.165) is 0 Å². The Morgan fingerprint density at radius 3 is 1.56 bits per heavy atom. The average molecular weight is 228 g/mol. The molecule has 7 heteroatoms. The van der Waals surface area contributed by atoms with Crippen LogP contribution >= 0.6 is 0 Å². The number of amides is 3. The molecule has 0 bridgehead atoms. The predicted molar refractivity (Wildman–Crippen MR) is 57.5 cm³/mol. The second kappa shape index (κ2) is 5.38. The van der Waals surface area contributed by atoms with E-state index < -0.39 is 35.5 Å². The topological polar surface area (TPSA) is 133 Å². The molecule has 0 heterocycles. The van der Waals surface area contributed by atoms with Gasteiger partial charge in [0.15, 0.2) is 0 Å². The van der Waals surface area contributed by atoms with Crippen LogP contribution in [-0.4, -0.2) is 34.7 Å². The summed E-state index contributed by atoms with van der Waals surface area (Å²) in [7, 11) is 0. The van der Waals surface area contributed by atoms with Gasteiger partial charge in [-0.15, -0.1) is 0 Å². The summed E-state index contributed by atoms with van der Waals surface area (Å²) in [6, 6.07) is -1.92. The monoisotopic (exact) mass is 228 g/mol. The van der Waals surface area contributed by atoms with Gasteiger partial charge in [0.25, 0.3) is 17.7 Å². The van der Waals surface area contributed by atoms with E-state index in [4.69, 9.17) is 17.2 Å². The largest absolute Gasteiger partial charge is 0.364 e. The van der Waals surface area contributed by atoms with Gasteiger partial charge in [-0.05, 0) is 13.8 Å². The molecule has 7 nitrogen and oxygen atoms in total. The zero-order valence-corrected chi connectivity index (χ0v) is 9.27. The molecule has 0 saturated heterocycles. The number of hydrogen-bond donors (Lipinski definition) is 3. The van der Waals surface area contributed by atoms with Crippen LogP contribution in [0.15, 0.2) is 12.3 Å². The minimum absolute atomic E-state index is 0.440. The van der Waals surface area contributed by atoms with Crippen LogP contribution in [0.25, 0.3) is 0 Å². The number of carbonyl (C=O) groups excluding carboxylic acids is 3. The molecule has 0 aromatic carbocycles. The first kappa shape index (κ1) is 14.3. The maximum Gasteiger partial charge on any atom is 0.265 e. The number of rotatable bonds is 4. The van der Waals surface area contributed by atoms with Crippen LogP contribution in [-0.2, 0) is 14.4 Å². The van der Waals surface area contributed by atoms with E-state index in [2.05, 4.69) is 6.58 Å². The molecular weight excluding hydrogens is 212 g/mol. The van der Waals surface area contributed by atoms with Crippen molar-refractivity contribution >= 4 is 17.7 Å². The van der Waals surface area contributed by atoms with Crippen LogP contribution in [0.4, 0.5) is 0 Å². The van der Waals surface area contributed by atoms with Crippen LogP contribution in [0, 0.1) is 0 Å². The molecule has 2 unspecified atom stereocenters. The lowest BCUT2D eigenvalue weighted by molar-refractivity contribution is -0.145. The van der Waals surface area contributed by atoms with E-state index in [1.54, 1.807) is 0 Å². The molecule has 0 aliphatic carbocycles. The maximum absolute atomic E-state index is 11.6. The number of carbonyl (C=O) groups is 3. The van der Waals surface area contributed by atoms with E-state index in [1.807, 2.05) is 0 Å². The summed E-state index contributed by atoms with van der Waals surface area (Å²) in [5.74, 6) is -2.53. The number of imide groups is 1. The Bertz CT molecular complexity index is 316. The van der Waals surface area contributed by atoms with Crippen molar-refractivity contribution in [2.24, 2.45) is 17.2 Å². The minimum atomic E-state index is -0.983. The summed E-state index contributed by atoms with van der Waals surface area (Å²) in [6.45, 7) is 6.01. The van der Waals surface area contributed by atoms with Gasteiger partial charge in [0.1, 0.15) is 5.70 Å². The molecule has 90 valence electrons. The normalized spacial score (nSPS) is 13.8. The van der Waals surface area contributed by atoms with Crippen molar-refractivity contribution in [3.63, 3.8) is 0 Å². The zero-order chi connectivity index (χ0) is 13.0. The Labute approximate surface area is 93.2 Å². The molecule has 0 aliphatic rings. The third-order valence-corrected chi connectivity index (χ3v) is 1.77. The van der Waals surface area contributed by atoms with Crippen LogP contribution < -0.4 is 17.2 Å². The second-order valence-electron chi connectivity index (χ2n) is 3.40. The highest BCUT2D eigenvalue weighted by atomic mass is 16.2. The maximum atomic E-state index is 11.6. The standard InChI is InChI=1S/C9H16N4O3/c1-4(10)8(15)13(6(3)7(12)14)9(16)5(2)11/h4-5H,3,10-11H2,1-2H3,(H2,12,14). The van der Waals surface area contributed by atoms with Crippen molar-refractivity contribution in [3.8, 4) is 0 Å². The first-order chi connectivity index (χ1) is 7.20. The smallest absolute Gasteiger partial charge is 0.265 e. The summed E-state index contributed by atoms with van der Waals surface area (Å²) in [5.41, 5.74) is 15.2. The predicted octanol–water partition coefficient (Wildman–Crippen LogP) is -1.96. The third-order valence-electron chi connectivity index (χ3n) is 1.77. The van der Waals surface area contributed by atoms with Gasteiger partial charge in [-0.3, -0.25) is 14.4 Å². The fourth-order valence-electron chi connectivity index (χ4n) is 0.892. The lowest BCUT2D eigenvalue weighted by Gasteiger charge is -2.24. The number of nitrogens with zero attached hydrogens (tertiary/aromatic N) is 1. The van der Waals surface area contributed by atoms with Gasteiger partial charge in [-0.2, -0.15) is 0 Å². The molecule has 6 N–H and O–H groups in total. The van der Waals surface area contributed by atoms with Crippen LogP contribution in [0.3, 0.4) is 0 Å². The molecule has 0 rings (SSSR count). The molecule has 2 atom stereocenters. The summed E-state index contributed by atoms with van der Waals surface area (Å²) in [5, 5.41) is 0. The highest BCUT2D eigenvalue weighted by Crippen LogP contribution is 2.06. The zero-order valence-electron chi connectivity index (χ0n) is 9.27. The highest BCUT2D eigenvalue weighted by molar-refractivity contribution is 6.08. The quantitative estimate of drug-likeness (QED) is 0.480. The summed E-state index contributed by atoms with van der Waals surface area (Å²) < 4.78 is 0. The Balaban J connectivity index is 5.22. The van der Waals surface area contributed by atoms with Crippen molar-refractivity contribution in [2.45, 2.75) is 25.9 Å². The Hall–Kier alpha value is -1.73. The number of nitrogens with two attached hydrogens (primary N) is 3. The Kier molecular flexibility index (Phi) is 4.80. The first-order valence-electron chi connectivity index (χ1n) is 4.57. The summed E-state index contributed by atoms with van der Waals surface area (Å²) >= 11 is 0. The second-order valence-corrected chi connectivity index (χ2v) is 3.40. The molecule has 0 aliphatic heterocycles. The molecule has 0 aromatic heterocycles. The van der Waals surface area contributed by atoms with Gasteiger partial charge in [0, 0.05) is 0 Å². The highest BCUT2D eigenvalue weighted by Gasteiger charge is 2.30. The molecule has 0 saturated carbocycles. The molecule has 16 heavy (non-hydrogen) atoms. The molecule has 3 amide bonds. The minimum Gasteiger partial charge on any atom is -0.364 e. The molecule has 0 radical (unpaired) electrons. The Morgan fingerprint density at radius 2 is 1.38 bits per heavy atom. The van der Waals surface area contributed by atoms with Crippen LogP contribution in [0.2, 0.25) is 0 Å². The van der Waals surface area contributed by atoms with E-state index in [1.165, 1.54) is 13.8 Å². The molecule has 0 fully saturated rings. The van der Waals surface area contributed by atoms with Crippen molar-refractivity contribution < 1.29 is 14.4 Å². The summed E-state index contributed by atoms with van der Waals surface area (Å²) in [6.07, 6.45) is 0. The lowest BCUT2D eigenvalue weighted by atomic mass is 10.2. The summed E-state index contributed by atoms with van der Waals surface area (Å²) in [4.78, 5) is 34.6. The molecule has 0 spiro atoms. The van der Waals surface area contributed by atoms with Gasteiger partial charge in [0.2, 0.25) is 0 Å². The third kappa shape index (κ3) is 3.14. The molecule has 0 aromatic rings. The van der Waals surface area contributed by atoms with E-state index >= 15 is 0 Å². The first-order valence-corrected chi connectivity index (χ1v) is 4.57. The van der Waals surface area contributed by atoms with Gasteiger partial charge in [-0.1, -0.05) is 6.58 Å². The van der Waals surface area contributed by atoms with Gasteiger partial charge >= 0.3 is 0 Å². The Morgan fingerprint density at radius 1 is 1.06 bits per heavy atom. The van der Waals surface area contributed by atoms with Gasteiger partial charge in [-0.25, -0.2) is 4.90 Å². The number of primary amides is 1. The van der Waals surface area contributed by atoms with E-state index in [0.29, 0.717) is 4.90 Å². The van der Waals surface area contributed by atoms with Gasteiger partial charge < -0.3 is 17.2 Å². The van der Waals surface area contributed by atoms with Crippen molar-refractivity contribution in [2.75, 3.05) is 0 Å². The van der Waals surface area contributed by atoms with Crippen LogP contribution in [0.1, 0.15) is 13.8 Å². The van der Waals surface area contributed by atoms with Crippen LogP contribution in [0.5, 0.6) is 0 Å². The average Bonchev–Trinajstić information content (AvgIpc) is 2.16. The lowest BCUT2D eigenvalue weighted by Crippen LogP contribution is -2.51. The molecular formula is C9H16N4O3. The van der Waals surface area contributed by atoms with E-state index in [9.17, 15) is 14.4 Å². The fraction of sp³-hybridized carbons (Fsp3) is 0.444. The number of hydrogen-bond acceptors (Lipinski definition) is 5. The van der Waals surface area contributed by atoms with E-state index in [-0.39, 0.29) is 0 Å². The van der Waals surface area contributed by atoms with Crippen molar-refractivity contribution in [1.29, 1.82) is 0 Å².